The largest absolute Gasteiger partial charge is 0.475 e. The van der Waals surface area contributed by atoms with Gasteiger partial charge in [0.25, 0.3) is 0 Å². The van der Waals surface area contributed by atoms with E-state index in [0.717, 1.165) is 45.1 Å². The number of rotatable bonds is 5. The molecule has 0 aromatic carbocycles. The van der Waals surface area contributed by atoms with Gasteiger partial charge < -0.3 is 10.0 Å². The highest BCUT2D eigenvalue weighted by molar-refractivity contribution is 6.34. The zero-order valence-corrected chi connectivity index (χ0v) is 14.1. The van der Waals surface area contributed by atoms with Crippen molar-refractivity contribution in [3.8, 4) is 0 Å². The smallest absolute Gasteiger partial charge is 0.371 e. The molecule has 1 N–H and O–H groups in total. The SMILES string of the molecule is CCCCN(/C(=N/C1CCCCC1)C(=O)O)C1CCCCC1. The van der Waals surface area contributed by atoms with Gasteiger partial charge in [0.2, 0.25) is 5.84 Å². The maximum Gasteiger partial charge on any atom is 0.371 e. The van der Waals surface area contributed by atoms with E-state index >= 15 is 0 Å². The zero-order chi connectivity index (χ0) is 15.8. The average molecular weight is 308 g/mol. The Hall–Kier alpha value is -1.06. The van der Waals surface area contributed by atoms with E-state index in [1.54, 1.807) is 0 Å². The molecule has 2 aliphatic carbocycles. The van der Waals surface area contributed by atoms with Crippen LogP contribution in [-0.4, -0.2) is 40.4 Å². The van der Waals surface area contributed by atoms with Crippen LogP contribution in [0.2, 0.25) is 0 Å². The lowest BCUT2D eigenvalue weighted by Crippen LogP contribution is -2.46. The van der Waals surface area contributed by atoms with Crippen molar-refractivity contribution in [2.75, 3.05) is 6.54 Å². The summed E-state index contributed by atoms with van der Waals surface area (Å²) in [7, 11) is 0. The summed E-state index contributed by atoms with van der Waals surface area (Å²) in [5.41, 5.74) is 0. The van der Waals surface area contributed by atoms with Crippen molar-refractivity contribution in [3.05, 3.63) is 0 Å². The normalized spacial score (nSPS) is 21.8. The van der Waals surface area contributed by atoms with E-state index in [-0.39, 0.29) is 6.04 Å². The molecule has 2 saturated carbocycles. The summed E-state index contributed by atoms with van der Waals surface area (Å²) in [6.07, 6.45) is 13.9. The van der Waals surface area contributed by atoms with Gasteiger partial charge in [0.15, 0.2) is 0 Å². The van der Waals surface area contributed by atoms with Gasteiger partial charge in [-0.15, -0.1) is 0 Å². The molecule has 4 heteroatoms. The van der Waals surface area contributed by atoms with Crippen molar-refractivity contribution in [1.82, 2.24) is 4.90 Å². The van der Waals surface area contributed by atoms with E-state index in [4.69, 9.17) is 4.99 Å². The van der Waals surface area contributed by atoms with Gasteiger partial charge in [0.05, 0.1) is 6.04 Å². The van der Waals surface area contributed by atoms with Crippen molar-refractivity contribution >= 4 is 11.8 Å². The molecule has 0 heterocycles. The Bertz CT molecular complexity index is 369. The summed E-state index contributed by atoms with van der Waals surface area (Å²) in [5, 5.41) is 9.73. The minimum absolute atomic E-state index is 0.229. The van der Waals surface area contributed by atoms with Crippen LogP contribution < -0.4 is 0 Å². The number of carboxylic acids is 1. The van der Waals surface area contributed by atoms with Gasteiger partial charge in [-0.2, -0.15) is 0 Å². The molecule has 0 aliphatic heterocycles. The fourth-order valence-corrected chi connectivity index (χ4v) is 3.82. The first-order chi connectivity index (χ1) is 10.7. The van der Waals surface area contributed by atoms with Crippen LogP contribution in [0.3, 0.4) is 0 Å². The zero-order valence-electron chi connectivity index (χ0n) is 14.1. The van der Waals surface area contributed by atoms with Gasteiger partial charge in [-0.25, -0.2) is 4.79 Å². The second kappa shape index (κ2) is 9.16. The van der Waals surface area contributed by atoms with Gasteiger partial charge in [-0.1, -0.05) is 51.9 Å². The Labute approximate surface area is 135 Å². The van der Waals surface area contributed by atoms with Crippen LogP contribution in [0.4, 0.5) is 0 Å². The van der Waals surface area contributed by atoms with E-state index in [9.17, 15) is 9.90 Å². The Morgan fingerprint density at radius 1 is 1.05 bits per heavy atom. The minimum atomic E-state index is -0.827. The molecule has 2 fully saturated rings. The first-order valence-electron chi connectivity index (χ1n) is 9.30. The summed E-state index contributed by atoms with van der Waals surface area (Å²) in [5.74, 6) is -0.473. The number of nitrogens with zero attached hydrogens (tertiary/aromatic N) is 2. The second-order valence-corrected chi connectivity index (χ2v) is 6.89. The Morgan fingerprint density at radius 2 is 1.64 bits per heavy atom. The molecule has 22 heavy (non-hydrogen) atoms. The average Bonchev–Trinajstić information content (AvgIpc) is 2.56. The van der Waals surface area contributed by atoms with Crippen molar-refractivity contribution < 1.29 is 9.90 Å². The summed E-state index contributed by atoms with van der Waals surface area (Å²) >= 11 is 0. The highest BCUT2D eigenvalue weighted by Gasteiger charge is 2.28. The number of amidine groups is 1. The molecule has 0 radical (unpaired) electrons. The molecule has 2 aliphatic rings. The molecule has 0 aromatic rings. The standard InChI is InChI=1S/C18H32N2O2/c1-2-3-14-20(16-12-8-5-9-13-16)17(18(21)22)19-15-10-6-4-7-11-15/h15-16H,2-14H2,1H3,(H,21,22)/b19-17+. The molecule has 4 nitrogen and oxygen atoms in total. The molecular weight excluding hydrogens is 276 g/mol. The predicted octanol–water partition coefficient (Wildman–Crippen LogP) is 4.24. The maximum absolute atomic E-state index is 11.8. The van der Waals surface area contributed by atoms with E-state index < -0.39 is 5.97 Å². The lowest BCUT2D eigenvalue weighted by atomic mass is 9.93. The molecule has 0 bridgehead atoms. The van der Waals surface area contributed by atoms with Gasteiger partial charge in [0.1, 0.15) is 0 Å². The fraction of sp³-hybridized carbons (Fsp3) is 0.889. The second-order valence-electron chi connectivity index (χ2n) is 6.89. The Balaban J connectivity index is 2.14. The number of aliphatic imine (C=N–C) groups is 1. The third kappa shape index (κ3) is 4.99. The number of aliphatic carboxylic acids is 1. The predicted molar refractivity (Wildman–Crippen MR) is 90.4 cm³/mol. The van der Waals surface area contributed by atoms with Crippen LogP contribution in [0, 0.1) is 0 Å². The Kier molecular flexibility index (Phi) is 7.20. The van der Waals surface area contributed by atoms with Crippen molar-refractivity contribution in [2.45, 2.75) is 96.1 Å². The number of carbonyl (C=O) groups is 1. The number of hydrogen-bond donors (Lipinski definition) is 1. The molecule has 0 unspecified atom stereocenters. The first-order valence-corrected chi connectivity index (χ1v) is 9.30. The van der Waals surface area contributed by atoms with E-state index in [2.05, 4.69) is 11.8 Å². The summed E-state index contributed by atoms with van der Waals surface area (Å²) in [6, 6.07) is 0.617. The summed E-state index contributed by atoms with van der Waals surface area (Å²) in [4.78, 5) is 18.7. The monoisotopic (exact) mass is 308 g/mol. The Morgan fingerprint density at radius 3 is 2.18 bits per heavy atom. The van der Waals surface area contributed by atoms with Crippen LogP contribution in [0.15, 0.2) is 4.99 Å². The molecule has 0 amide bonds. The summed E-state index contributed by atoms with van der Waals surface area (Å²) in [6.45, 7) is 3.01. The molecule has 0 aromatic heterocycles. The van der Waals surface area contributed by atoms with Gasteiger partial charge in [0, 0.05) is 12.6 Å². The lowest BCUT2D eigenvalue weighted by Gasteiger charge is -2.36. The number of hydrogen-bond acceptors (Lipinski definition) is 2. The third-order valence-electron chi connectivity index (χ3n) is 5.11. The first kappa shape index (κ1) is 17.3. The highest BCUT2D eigenvalue weighted by atomic mass is 16.4. The molecular formula is C18H32N2O2. The van der Waals surface area contributed by atoms with E-state index in [1.165, 1.54) is 38.5 Å². The third-order valence-corrected chi connectivity index (χ3v) is 5.11. The molecule has 126 valence electrons. The van der Waals surface area contributed by atoms with E-state index in [0.29, 0.717) is 11.9 Å². The maximum atomic E-state index is 11.8. The van der Waals surface area contributed by atoms with Crippen molar-refractivity contribution in [3.63, 3.8) is 0 Å². The fourth-order valence-electron chi connectivity index (χ4n) is 3.82. The van der Waals surface area contributed by atoms with E-state index in [1.807, 2.05) is 0 Å². The highest BCUT2D eigenvalue weighted by Crippen LogP contribution is 2.25. The quantitative estimate of drug-likeness (QED) is 0.610. The van der Waals surface area contributed by atoms with Crippen LogP contribution in [-0.2, 0) is 4.79 Å². The topological polar surface area (TPSA) is 52.9 Å². The van der Waals surface area contributed by atoms with Crippen LogP contribution in [0.5, 0.6) is 0 Å². The molecule has 0 saturated heterocycles. The van der Waals surface area contributed by atoms with Gasteiger partial charge >= 0.3 is 5.97 Å². The van der Waals surface area contributed by atoms with Crippen molar-refractivity contribution in [2.24, 2.45) is 4.99 Å². The van der Waals surface area contributed by atoms with Gasteiger partial charge in [-0.05, 0) is 32.1 Å². The van der Waals surface area contributed by atoms with Gasteiger partial charge in [-0.3, -0.25) is 4.99 Å². The molecule has 0 spiro atoms. The van der Waals surface area contributed by atoms with Crippen molar-refractivity contribution in [1.29, 1.82) is 0 Å². The van der Waals surface area contributed by atoms with Crippen LogP contribution >= 0.6 is 0 Å². The minimum Gasteiger partial charge on any atom is -0.475 e. The lowest BCUT2D eigenvalue weighted by molar-refractivity contribution is -0.130. The summed E-state index contributed by atoms with van der Waals surface area (Å²) < 4.78 is 0. The molecule has 2 rings (SSSR count). The number of unbranched alkanes of at least 4 members (excludes halogenated alkanes) is 1. The van der Waals surface area contributed by atoms with Crippen LogP contribution in [0.25, 0.3) is 0 Å². The van der Waals surface area contributed by atoms with Crippen LogP contribution in [0.1, 0.15) is 84.0 Å². The molecule has 0 atom stereocenters. The number of carboxylic acid groups (broad SMARTS) is 1.